The van der Waals surface area contributed by atoms with Crippen LogP contribution in [0.25, 0.3) is 5.69 Å². The largest absolute Gasteiger partial charge is 0.494 e. The standard InChI is InChI=1S/C29H31F3N4O5S/c1-3-18-5-7-20(8-6-18)36-26(33-24(37)17-42(2,39)40)25-23(35-36)16-28(34-27(25)38)13-11-19-15-21(9-10-22(19)28)41-14-4-12-29(30,31)32/h5-10,15H,3-4,11-14,16-17H2,1-2H3,(H,33,37)(H,34,38)/t28-/m0/s1. The first-order valence-corrected chi connectivity index (χ1v) is 15.7. The molecule has 0 bridgehead atoms. The number of hydrogen-bond acceptors (Lipinski definition) is 6. The van der Waals surface area contributed by atoms with Crippen LogP contribution in [0, 0.1) is 0 Å². The molecule has 2 N–H and O–H groups in total. The van der Waals surface area contributed by atoms with Gasteiger partial charge in [-0.3, -0.25) is 9.59 Å². The third-order valence-electron chi connectivity index (χ3n) is 7.53. The number of sulfone groups is 1. The summed E-state index contributed by atoms with van der Waals surface area (Å²) >= 11 is 0. The van der Waals surface area contributed by atoms with Gasteiger partial charge in [0.15, 0.2) is 9.84 Å². The van der Waals surface area contributed by atoms with Crippen molar-refractivity contribution in [3.05, 3.63) is 70.4 Å². The van der Waals surface area contributed by atoms with E-state index in [1.165, 1.54) is 4.68 Å². The molecule has 1 aromatic heterocycles. The lowest BCUT2D eigenvalue weighted by atomic mass is 9.82. The van der Waals surface area contributed by atoms with Crippen LogP contribution < -0.4 is 15.4 Å². The lowest BCUT2D eigenvalue weighted by Crippen LogP contribution is -2.49. The van der Waals surface area contributed by atoms with Gasteiger partial charge in [0.1, 0.15) is 22.9 Å². The number of carbonyl (C=O) groups excluding carboxylic acids is 2. The van der Waals surface area contributed by atoms with Gasteiger partial charge in [0.05, 0.1) is 23.5 Å². The average molecular weight is 605 g/mol. The number of carbonyl (C=O) groups is 2. The molecule has 0 saturated heterocycles. The van der Waals surface area contributed by atoms with E-state index in [4.69, 9.17) is 9.84 Å². The molecular weight excluding hydrogens is 573 g/mol. The minimum absolute atomic E-state index is 0.0615. The predicted octanol–water partition coefficient (Wildman–Crippen LogP) is 4.27. The van der Waals surface area contributed by atoms with Crippen LogP contribution in [0.2, 0.25) is 0 Å². The molecule has 0 radical (unpaired) electrons. The Kier molecular flexibility index (Phi) is 7.82. The zero-order valence-corrected chi connectivity index (χ0v) is 24.0. The molecule has 1 aliphatic carbocycles. The molecule has 2 aromatic carbocycles. The molecule has 1 atom stereocenters. The van der Waals surface area contributed by atoms with Gasteiger partial charge in [0, 0.05) is 19.1 Å². The Labute approximate surface area is 241 Å². The Morgan fingerprint density at radius 2 is 1.93 bits per heavy atom. The maximum atomic E-state index is 13.7. The van der Waals surface area contributed by atoms with Gasteiger partial charge >= 0.3 is 6.18 Å². The lowest BCUT2D eigenvalue weighted by molar-refractivity contribution is -0.136. The summed E-state index contributed by atoms with van der Waals surface area (Å²) in [5.41, 5.74) is 3.32. The number of benzene rings is 2. The molecule has 42 heavy (non-hydrogen) atoms. The van der Waals surface area contributed by atoms with E-state index in [-0.39, 0.29) is 24.4 Å². The van der Waals surface area contributed by atoms with Crippen molar-refractivity contribution in [1.82, 2.24) is 15.1 Å². The van der Waals surface area contributed by atoms with Gasteiger partial charge in [-0.2, -0.15) is 18.3 Å². The highest BCUT2D eigenvalue weighted by atomic mass is 32.2. The fourth-order valence-corrected chi connectivity index (χ4v) is 6.16. The number of nitrogens with zero attached hydrogens (tertiary/aromatic N) is 2. The first-order valence-electron chi connectivity index (χ1n) is 13.6. The molecule has 2 amide bonds. The van der Waals surface area contributed by atoms with Crippen LogP contribution in [0.1, 0.15) is 58.9 Å². The van der Waals surface area contributed by atoms with Crippen molar-refractivity contribution in [2.75, 3.05) is 23.9 Å². The lowest BCUT2D eigenvalue weighted by Gasteiger charge is -2.35. The third-order valence-corrected chi connectivity index (χ3v) is 8.32. The molecule has 3 aromatic rings. The van der Waals surface area contributed by atoms with Crippen LogP contribution in [0.4, 0.5) is 19.0 Å². The number of amides is 2. The van der Waals surface area contributed by atoms with Crippen molar-refractivity contribution < 1.29 is 35.9 Å². The van der Waals surface area contributed by atoms with Gasteiger partial charge < -0.3 is 15.4 Å². The van der Waals surface area contributed by atoms with Crippen LogP contribution in [-0.4, -0.2) is 54.8 Å². The molecule has 1 spiro atoms. The maximum Gasteiger partial charge on any atom is 0.389 e. The van der Waals surface area contributed by atoms with Gasteiger partial charge in [-0.1, -0.05) is 25.1 Å². The summed E-state index contributed by atoms with van der Waals surface area (Å²) in [6.45, 7) is 1.96. The Balaban J connectivity index is 1.45. The highest BCUT2D eigenvalue weighted by Crippen LogP contribution is 2.44. The number of rotatable bonds is 9. The van der Waals surface area contributed by atoms with Gasteiger partial charge in [0.2, 0.25) is 5.91 Å². The second-order valence-corrected chi connectivity index (χ2v) is 13.0. The molecule has 1 aliphatic heterocycles. The molecule has 2 heterocycles. The number of aromatic nitrogens is 2. The number of ether oxygens (including phenoxy) is 1. The number of anilines is 1. The van der Waals surface area contributed by atoms with Crippen molar-refractivity contribution in [3.8, 4) is 11.4 Å². The van der Waals surface area contributed by atoms with Crippen LogP contribution in [0.5, 0.6) is 5.75 Å². The van der Waals surface area contributed by atoms with Gasteiger partial charge in [0.25, 0.3) is 5.91 Å². The molecule has 13 heteroatoms. The van der Waals surface area contributed by atoms with E-state index in [9.17, 15) is 31.2 Å². The minimum Gasteiger partial charge on any atom is -0.494 e. The second-order valence-electron chi connectivity index (χ2n) is 10.8. The summed E-state index contributed by atoms with van der Waals surface area (Å²) in [7, 11) is -3.62. The monoisotopic (exact) mass is 604 g/mol. The summed E-state index contributed by atoms with van der Waals surface area (Å²) in [5, 5.41) is 10.4. The molecule has 0 saturated carbocycles. The van der Waals surface area contributed by atoms with Crippen molar-refractivity contribution in [3.63, 3.8) is 0 Å². The van der Waals surface area contributed by atoms with E-state index < -0.39 is 45.5 Å². The zero-order valence-electron chi connectivity index (χ0n) is 23.2. The van der Waals surface area contributed by atoms with Crippen LogP contribution >= 0.6 is 0 Å². The first-order chi connectivity index (χ1) is 19.8. The van der Waals surface area contributed by atoms with Gasteiger partial charge in [-0.25, -0.2) is 13.1 Å². The fraction of sp³-hybridized carbons (Fsp3) is 0.414. The SMILES string of the molecule is CCc1ccc(-n2nc3c(c2NC(=O)CS(C)(=O)=O)C(=O)N[C@@]2(CCc4cc(OCCCC(F)(F)F)ccc42)C3)cc1. The van der Waals surface area contributed by atoms with E-state index in [0.717, 1.165) is 29.4 Å². The maximum absolute atomic E-state index is 13.7. The molecule has 0 unspecified atom stereocenters. The molecule has 5 rings (SSSR count). The topological polar surface area (TPSA) is 119 Å². The van der Waals surface area contributed by atoms with Crippen LogP contribution in [-0.2, 0) is 39.4 Å². The third kappa shape index (κ3) is 6.30. The number of halogens is 3. The summed E-state index contributed by atoms with van der Waals surface area (Å²) in [6, 6.07) is 12.8. The minimum atomic E-state index is -4.23. The Morgan fingerprint density at radius 1 is 1.19 bits per heavy atom. The highest BCUT2D eigenvalue weighted by Gasteiger charge is 2.46. The number of alkyl halides is 3. The van der Waals surface area contributed by atoms with Crippen molar-refractivity contribution in [2.45, 2.75) is 57.2 Å². The quantitative estimate of drug-likeness (QED) is 0.352. The smallest absolute Gasteiger partial charge is 0.389 e. The van der Waals surface area contributed by atoms with Gasteiger partial charge in [-0.15, -0.1) is 0 Å². The second kappa shape index (κ2) is 11.1. The number of nitrogens with one attached hydrogen (secondary N) is 2. The fourth-order valence-electron chi connectivity index (χ4n) is 5.61. The number of aryl methyl sites for hydroxylation is 2. The van der Waals surface area contributed by atoms with Gasteiger partial charge in [-0.05, 0) is 66.6 Å². The Bertz CT molecular complexity index is 1630. The summed E-state index contributed by atoms with van der Waals surface area (Å²) < 4.78 is 67.8. The average Bonchev–Trinajstić information content (AvgIpc) is 3.43. The van der Waals surface area contributed by atoms with E-state index in [1.54, 1.807) is 12.1 Å². The van der Waals surface area contributed by atoms with E-state index in [1.807, 2.05) is 37.3 Å². The van der Waals surface area contributed by atoms with E-state index in [2.05, 4.69) is 10.6 Å². The highest BCUT2D eigenvalue weighted by molar-refractivity contribution is 7.91. The number of hydrogen-bond donors (Lipinski definition) is 2. The van der Waals surface area contributed by atoms with E-state index in [0.29, 0.717) is 36.4 Å². The molecule has 224 valence electrons. The van der Waals surface area contributed by atoms with Crippen molar-refractivity contribution in [2.24, 2.45) is 0 Å². The summed E-state index contributed by atoms with van der Waals surface area (Å²) in [5.74, 6) is -1.43. The summed E-state index contributed by atoms with van der Waals surface area (Å²) in [4.78, 5) is 26.3. The Hall–Kier alpha value is -3.87. The van der Waals surface area contributed by atoms with Crippen molar-refractivity contribution >= 4 is 27.5 Å². The molecule has 2 aliphatic rings. The Morgan fingerprint density at radius 3 is 2.60 bits per heavy atom. The van der Waals surface area contributed by atoms with Crippen LogP contribution in [0.3, 0.4) is 0 Å². The first kappa shape index (κ1) is 29.6. The van der Waals surface area contributed by atoms with Crippen molar-refractivity contribution in [1.29, 1.82) is 0 Å². The molecule has 9 nitrogen and oxygen atoms in total. The number of fused-ring (bicyclic) bond motifs is 3. The zero-order chi connectivity index (χ0) is 30.3. The van der Waals surface area contributed by atoms with Crippen LogP contribution in [0.15, 0.2) is 42.5 Å². The van der Waals surface area contributed by atoms with E-state index >= 15 is 0 Å². The normalized spacial score (nSPS) is 18.0. The molecule has 0 fully saturated rings. The molecular formula is C29H31F3N4O5S. The summed E-state index contributed by atoms with van der Waals surface area (Å²) in [6.07, 6.45) is -2.01. The predicted molar refractivity (Wildman–Crippen MR) is 150 cm³/mol.